The minimum absolute atomic E-state index is 0.672. The van der Waals surface area contributed by atoms with Gasteiger partial charge in [0.25, 0.3) is 0 Å². The van der Waals surface area contributed by atoms with Crippen molar-refractivity contribution < 1.29 is 4.90 Å². The van der Waals surface area contributed by atoms with Gasteiger partial charge >= 0.3 is 0 Å². The molecule has 106 valence electrons. The van der Waals surface area contributed by atoms with Crippen LogP contribution in [-0.2, 0) is 0 Å². The molecule has 19 heavy (non-hydrogen) atoms. The van der Waals surface area contributed by atoms with E-state index in [1.165, 1.54) is 50.8 Å². The Morgan fingerprint density at radius 1 is 1.32 bits per heavy atom. The zero-order valence-corrected chi connectivity index (χ0v) is 13.2. The van der Waals surface area contributed by atoms with Gasteiger partial charge < -0.3 is 10.2 Å². The Balaban J connectivity index is 1.40. The maximum Gasteiger partial charge on any atom is 0.206 e. The molecule has 1 saturated carbocycles. The van der Waals surface area contributed by atoms with E-state index in [1.807, 2.05) is 11.8 Å². The van der Waals surface area contributed by atoms with E-state index in [0.29, 0.717) is 6.04 Å². The van der Waals surface area contributed by atoms with Crippen molar-refractivity contribution >= 4 is 28.2 Å². The molecular formula is C13H23N4S2+. The molecule has 1 aromatic rings. The molecule has 1 aliphatic carbocycles. The first-order valence-electron chi connectivity index (χ1n) is 7.36. The molecule has 6 heteroatoms. The van der Waals surface area contributed by atoms with E-state index >= 15 is 0 Å². The van der Waals surface area contributed by atoms with Gasteiger partial charge in [0.15, 0.2) is 4.34 Å². The summed E-state index contributed by atoms with van der Waals surface area (Å²) < 4.78 is 1.12. The van der Waals surface area contributed by atoms with Gasteiger partial charge in [-0.1, -0.05) is 23.1 Å². The second-order valence-electron chi connectivity index (χ2n) is 5.72. The van der Waals surface area contributed by atoms with Crippen molar-refractivity contribution in [3.63, 3.8) is 0 Å². The average Bonchev–Trinajstić information content (AvgIpc) is 3.10. The van der Waals surface area contributed by atoms with Crippen LogP contribution in [0.2, 0.25) is 0 Å². The summed E-state index contributed by atoms with van der Waals surface area (Å²) >= 11 is 3.59. The predicted molar refractivity (Wildman–Crippen MR) is 81.3 cm³/mol. The highest BCUT2D eigenvalue weighted by atomic mass is 32.2. The quantitative estimate of drug-likeness (QED) is 0.784. The highest BCUT2D eigenvalue weighted by molar-refractivity contribution is 8.01. The lowest BCUT2D eigenvalue weighted by Gasteiger charge is -2.29. The Morgan fingerprint density at radius 3 is 3.00 bits per heavy atom. The van der Waals surface area contributed by atoms with Crippen LogP contribution in [0, 0.1) is 0 Å². The molecule has 2 heterocycles. The summed E-state index contributed by atoms with van der Waals surface area (Å²) in [6.07, 6.45) is 8.11. The van der Waals surface area contributed by atoms with E-state index in [4.69, 9.17) is 0 Å². The van der Waals surface area contributed by atoms with Gasteiger partial charge in [-0.2, -0.15) is 0 Å². The Labute approximate surface area is 123 Å². The molecule has 3 rings (SSSR count). The van der Waals surface area contributed by atoms with Gasteiger partial charge in [-0.15, -0.1) is 10.2 Å². The highest BCUT2D eigenvalue weighted by Crippen LogP contribution is 2.30. The van der Waals surface area contributed by atoms with Crippen molar-refractivity contribution in [3.8, 4) is 0 Å². The summed E-state index contributed by atoms with van der Waals surface area (Å²) in [5.41, 5.74) is 0. The van der Waals surface area contributed by atoms with Crippen LogP contribution in [0.15, 0.2) is 4.34 Å². The van der Waals surface area contributed by atoms with Crippen molar-refractivity contribution in [1.29, 1.82) is 0 Å². The van der Waals surface area contributed by atoms with Crippen LogP contribution in [0.25, 0.3) is 0 Å². The number of rotatable bonds is 6. The van der Waals surface area contributed by atoms with Crippen LogP contribution in [0.3, 0.4) is 0 Å². The maximum atomic E-state index is 4.26. The molecule has 2 atom stereocenters. The molecule has 0 amide bonds. The molecule has 1 aromatic heterocycles. The molecule has 0 bridgehead atoms. The van der Waals surface area contributed by atoms with Crippen LogP contribution in [0.1, 0.15) is 38.5 Å². The molecule has 2 N–H and O–H groups in total. The number of anilines is 1. The summed E-state index contributed by atoms with van der Waals surface area (Å²) in [6.45, 7) is 1.35. The smallest absolute Gasteiger partial charge is 0.206 e. The maximum absolute atomic E-state index is 4.26. The molecular weight excluding hydrogens is 276 g/mol. The number of quaternary nitrogens is 1. The van der Waals surface area contributed by atoms with E-state index in [9.17, 15) is 0 Å². The topological polar surface area (TPSA) is 42.2 Å². The number of likely N-dealkylation sites (tertiary alicyclic amines) is 1. The number of nitrogens with one attached hydrogen (secondary N) is 2. The highest BCUT2D eigenvalue weighted by Gasteiger charge is 2.23. The molecule has 2 fully saturated rings. The monoisotopic (exact) mass is 299 g/mol. The lowest BCUT2D eigenvalue weighted by Crippen LogP contribution is -3.13. The van der Waals surface area contributed by atoms with Gasteiger partial charge in [-0.25, -0.2) is 0 Å². The molecule has 0 aromatic carbocycles. The number of thioether (sulfide) groups is 1. The van der Waals surface area contributed by atoms with E-state index < -0.39 is 0 Å². The predicted octanol–water partition coefficient (Wildman–Crippen LogP) is 1.66. The molecule has 0 spiro atoms. The van der Waals surface area contributed by atoms with Gasteiger partial charge in [0, 0.05) is 18.2 Å². The SMILES string of the molecule is C[NH+]1CCCC[C@H]1CCSc1nnc(NC2CC2)s1. The summed E-state index contributed by atoms with van der Waals surface area (Å²) in [7, 11) is 2.34. The minimum atomic E-state index is 0.672. The molecule has 1 unspecified atom stereocenters. The molecule has 1 aliphatic heterocycles. The Morgan fingerprint density at radius 2 is 2.21 bits per heavy atom. The third-order valence-electron chi connectivity index (χ3n) is 4.07. The summed E-state index contributed by atoms with van der Waals surface area (Å²) in [4.78, 5) is 1.72. The van der Waals surface area contributed by atoms with Crippen LogP contribution in [-0.4, -0.2) is 41.6 Å². The molecule has 0 radical (unpaired) electrons. The van der Waals surface area contributed by atoms with Crippen LogP contribution in [0.4, 0.5) is 5.13 Å². The molecule has 4 nitrogen and oxygen atoms in total. The van der Waals surface area contributed by atoms with Gasteiger partial charge in [-0.05, 0) is 32.1 Å². The third-order valence-corrected chi connectivity index (χ3v) is 6.09. The zero-order chi connectivity index (χ0) is 13.1. The van der Waals surface area contributed by atoms with E-state index in [1.54, 1.807) is 16.2 Å². The summed E-state index contributed by atoms with van der Waals surface area (Å²) in [5, 5.41) is 12.9. The minimum Gasteiger partial charge on any atom is -0.357 e. The van der Waals surface area contributed by atoms with E-state index in [2.05, 4.69) is 22.6 Å². The number of piperidine rings is 1. The Bertz CT molecular complexity index is 405. The van der Waals surface area contributed by atoms with Gasteiger partial charge in [-0.3, -0.25) is 0 Å². The fraction of sp³-hybridized carbons (Fsp3) is 0.846. The number of hydrogen-bond acceptors (Lipinski definition) is 5. The van der Waals surface area contributed by atoms with Crippen molar-refractivity contribution in [2.45, 2.75) is 54.9 Å². The van der Waals surface area contributed by atoms with Crippen molar-refractivity contribution in [3.05, 3.63) is 0 Å². The largest absolute Gasteiger partial charge is 0.357 e. The number of nitrogens with zero attached hydrogens (tertiary/aromatic N) is 2. The first kappa shape index (κ1) is 13.6. The average molecular weight is 299 g/mol. The van der Waals surface area contributed by atoms with Crippen molar-refractivity contribution in [2.75, 3.05) is 24.7 Å². The van der Waals surface area contributed by atoms with Gasteiger partial charge in [0.1, 0.15) is 0 Å². The van der Waals surface area contributed by atoms with Crippen LogP contribution >= 0.6 is 23.1 Å². The standard InChI is InChI=1S/C13H22N4S2/c1-17-8-3-2-4-11(17)7-9-18-13-16-15-12(19-13)14-10-5-6-10/h10-11H,2-9H2,1H3,(H,14,15)/p+1/t11-/m0/s1. The fourth-order valence-electron chi connectivity index (χ4n) is 2.65. The van der Waals surface area contributed by atoms with E-state index in [0.717, 1.165) is 15.5 Å². The third kappa shape index (κ3) is 4.07. The first-order chi connectivity index (χ1) is 9.31. The number of hydrogen-bond donors (Lipinski definition) is 2. The Kier molecular flexibility index (Phi) is 4.61. The van der Waals surface area contributed by atoms with Crippen molar-refractivity contribution in [1.82, 2.24) is 10.2 Å². The van der Waals surface area contributed by atoms with E-state index in [-0.39, 0.29) is 0 Å². The summed E-state index contributed by atoms with van der Waals surface area (Å²) in [6, 6.07) is 1.53. The molecule has 1 saturated heterocycles. The lowest BCUT2D eigenvalue weighted by molar-refractivity contribution is -0.911. The number of aromatic nitrogens is 2. The Hall–Kier alpha value is -0.330. The van der Waals surface area contributed by atoms with Gasteiger partial charge in [0.2, 0.25) is 5.13 Å². The van der Waals surface area contributed by atoms with Crippen molar-refractivity contribution in [2.24, 2.45) is 0 Å². The lowest BCUT2D eigenvalue weighted by atomic mass is 10.0. The summed E-state index contributed by atoms with van der Waals surface area (Å²) in [5.74, 6) is 1.18. The second kappa shape index (κ2) is 6.41. The molecule has 2 aliphatic rings. The van der Waals surface area contributed by atoms with Crippen LogP contribution < -0.4 is 10.2 Å². The normalized spacial score (nSPS) is 27.4. The van der Waals surface area contributed by atoms with Crippen LogP contribution in [0.5, 0.6) is 0 Å². The fourth-order valence-corrected chi connectivity index (χ4v) is 4.61. The first-order valence-corrected chi connectivity index (χ1v) is 9.16. The second-order valence-corrected chi connectivity index (χ2v) is 8.04. The zero-order valence-electron chi connectivity index (χ0n) is 11.5. The van der Waals surface area contributed by atoms with Gasteiger partial charge in [0.05, 0.1) is 19.6 Å².